The lowest BCUT2D eigenvalue weighted by Crippen LogP contribution is -2.30. The van der Waals surface area contributed by atoms with Crippen LogP contribution in [0.25, 0.3) is 0 Å². The number of nitrogens with one attached hydrogen (secondary N) is 3. The third-order valence-electron chi connectivity index (χ3n) is 6.58. The summed E-state index contributed by atoms with van der Waals surface area (Å²) < 4.78 is 12.0. The monoisotopic (exact) mass is 599 g/mol. The molecule has 42 heavy (non-hydrogen) atoms. The molecule has 3 rings (SSSR count). The number of hydrogen-bond donors (Lipinski definition) is 3. The van der Waals surface area contributed by atoms with Crippen molar-refractivity contribution in [1.29, 1.82) is 0 Å². The highest BCUT2D eigenvalue weighted by Crippen LogP contribution is 2.30. The summed E-state index contributed by atoms with van der Waals surface area (Å²) in [5.41, 5.74) is 3.27. The van der Waals surface area contributed by atoms with E-state index in [0.717, 1.165) is 49.9 Å². The number of ether oxygens (including phenoxy) is 2. The van der Waals surface area contributed by atoms with Gasteiger partial charge in [0.15, 0.2) is 6.29 Å². The Balaban J connectivity index is 0.000000748. The highest BCUT2D eigenvalue weighted by Gasteiger charge is 2.24. The second-order valence-corrected chi connectivity index (χ2v) is 10.4. The molecule has 0 radical (unpaired) electrons. The van der Waals surface area contributed by atoms with Crippen LogP contribution in [0.2, 0.25) is 5.02 Å². The first-order valence-corrected chi connectivity index (χ1v) is 14.4. The number of halogens is 1. The number of para-hydroxylation sites is 1. The fraction of sp³-hybridized carbons (Fsp3) is 0.438. The van der Waals surface area contributed by atoms with Crippen LogP contribution in [0.5, 0.6) is 5.75 Å². The van der Waals surface area contributed by atoms with Gasteiger partial charge in [0, 0.05) is 43.8 Å². The zero-order valence-electron chi connectivity index (χ0n) is 25.5. The summed E-state index contributed by atoms with van der Waals surface area (Å²) in [4.78, 5) is 19.3. The van der Waals surface area contributed by atoms with Crippen LogP contribution in [0, 0.1) is 11.8 Å². The molecule has 1 fully saturated rings. The average molecular weight is 600 g/mol. The minimum Gasteiger partial charge on any atom is -0.490 e. The number of nitrogens with zero attached hydrogens (tertiary/aromatic N) is 2. The first-order chi connectivity index (χ1) is 20.3. The SMILES string of the molecule is C=N/N=C(\OCC1CCCC(CN/C(C=O)=C(\C)NC)C1)c1cc(Cl)ccc1OC(C)C.C=O.CNc1ccccc1. The van der Waals surface area contributed by atoms with Crippen LogP contribution in [-0.4, -0.2) is 59.0 Å². The Morgan fingerprint density at radius 2 is 1.81 bits per heavy atom. The van der Waals surface area contributed by atoms with Gasteiger partial charge in [0.2, 0.25) is 5.90 Å². The van der Waals surface area contributed by atoms with Crippen LogP contribution in [0.1, 0.15) is 52.0 Å². The molecule has 0 bridgehead atoms. The zero-order chi connectivity index (χ0) is 31.3. The van der Waals surface area contributed by atoms with E-state index in [1.54, 1.807) is 12.1 Å². The number of rotatable bonds is 12. The topological polar surface area (TPSA) is 113 Å². The molecule has 0 aliphatic heterocycles. The predicted molar refractivity (Wildman–Crippen MR) is 174 cm³/mol. The number of benzene rings is 2. The molecule has 230 valence electrons. The van der Waals surface area contributed by atoms with Gasteiger partial charge >= 0.3 is 0 Å². The van der Waals surface area contributed by atoms with E-state index in [2.05, 4.69) is 32.9 Å². The molecule has 10 heteroatoms. The van der Waals surface area contributed by atoms with Gasteiger partial charge in [0.1, 0.15) is 12.5 Å². The van der Waals surface area contributed by atoms with Crippen molar-refractivity contribution < 1.29 is 19.1 Å². The van der Waals surface area contributed by atoms with Crippen molar-refractivity contribution in [3.8, 4) is 5.75 Å². The number of aldehydes is 1. The van der Waals surface area contributed by atoms with Crippen molar-refractivity contribution in [2.75, 3.05) is 32.6 Å². The lowest BCUT2D eigenvalue weighted by molar-refractivity contribution is -0.105. The van der Waals surface area contributed by atoms with Crippen molar-refractivity contribution in [3.05, 3.63) is 70.5 Å². The molecule has 2 atom stereocenters. The Hall–Kier alpha value is -3.85. The largest absolute Gasteiger partial charge is 0.490 e. The summed E-state index contributed by atoms with van der Waals surface area (Å²) in [6.07, 6.45) is 5.21. The lowest BCUT2D eigenvalue weighted by Gasteiger charge is -2.29. The number of carbonyl (C=O) groups excluding carboxylic acids is 2. The van der Waals surface area contributed by atoms with Crippen LogP contribution < -0.4 is 20.7 Å². The van der Waals surface area contributed by atoms with Crippen molar-refractivity contribution >= 4 is 43.0 Å². The Kier molecular flexibility index (Phi) is 18.0. The molecular weight excluding hydrogens is 554 g/mol. The maximum atomic E-state index is 11.3. The van der Waals surface area contributed by atoms with Crippen molar-refractivity contribution in [2.24, 2.45) is 22.0 Å². The second-order valence-electron chi connectivity index (χ2n) is 9.97. The normalized spacial score (nSPS) is 16.8. The number of anilines is 1. The minimum atomic E-state index is -0.00341. The molecule has 2 unspecified atom stereocenters. The van der Waals surface area contributed by atoms with E-state index in [4.69, 9.17) is 25.9 Å². The number of allylic oxidation sites excluding steroid dienone is 2. The Bertz CT molecular complexity index is 1140. The van der Waals surface area contributed by atoms with Crippen molar-refractivity contribution in [3.63, 3.8) is 0 Å². The van der Waals surface area contributed by atoms with Gasteiger partial charge in [-0.3, -0.25) is 4.79 Å². The van der Waals surface area contributed by atoms with E-state index in [0.29, 0.717) is 46.4 Å². The van der Waals surface area contributed by atoms with Gasteiger partial charge < -0.3 is 30.2 Å². The highest BCUT2D eigenvalue weighted by molar-refractivity contribution is 6.31. The standard InChI is InChI=1S/C24H35ClN4O3.C7H9N.CH2O/c1-16(2)32-23-10-9-20(25)12-21(23)24(29-27-5)31-15-19-8-6-7-18(11-19)13-28-22(14-30)17(3)26-4;1-8-7-5-3-2-4-6-7;1-2/h9-10,12,14,16,18-19,26,28H,5-8,11,13,15H2,1-4H3;2-6,8H,1H3;1H2/b22-17+,29-24-;;. The molecule has 0 heterocycles. The zero-order valence-corrected chi connectivity index (χ0v) is 26.2. The molecule has 0 aromatic heterocycles. The summed E-state index contributed by atoms with van der Waals surface area (Å²) in [6.45, 7) is 12.6. The average Bonchev–Trinajstić information content (AvgIpc) is 3.02. The first-order valence-electron chi connectivity index (χ1n) is 14.0. The summed E-state index contributed by atoms with van der Waals surface area (Å²) in [5, 5.41) is 17.7. The van der Waals surface area contributed by atoms with E-state index in [1.807, 2.05) is 78.1 Å². The Morgan fingerprint density at radius 1 is 1.12 bits per heavy atom. The van der Waals surface area contributed by atoms with Crippen LogP contribution in [0.15, 0.2) is 70.1 Å². The van der Waals surface area contributed by atoms with Crippen LogP contribution in [0.3, 0.4) is 0 Å². The van der Waals surface area contributed by atoms with Crippen molar-refractivity contribution in [1.82, 2.24) is 10.6 Å². The molecule has 0 amide bonds. The first kappa shape index (κ1) is 36.2. The van der Waals surface area contributed by atoms with E-state index in [9.17, 15) is 4.79 Å². The quantitative estimate of drug-likeness (QED) is 0.0888. The van der Waals surface area contributed by atoms with Crippen LogP contribution >= 0.6 is 11.6 Å². The van der Waals surface area contributed by atoms with Gasteiger partial charge in [-0.1, -0.05) is 36.2 Å². The second kappa shape index (κ2) is 20.9. The van der Waals surface area contributed by atoms with Crippen LogP contribution in [-0.2, 0) is 14.3 Å². The van der Waals surface area contributed by atoms with Gasteiger partial charge in [-0.15, -0.1) is 5.10 Å². The summed E-state index contributed by atoms with van der Waals surface area (Å²) in [5.74, 6) is 1.86. The molecule has 0 saturated heterocycles. The lowest BCUT2D eigenvalue weighted by atomic mass is 9.81. The molecule has 0 spiro atoms. The molecule has 1 aliphatic rings. The van der Waals surface area contributed by atoms with Gasteiger partial charge in [-0.2, -0.15) is 5.10 Å². The number of carbonyl (C=O) groups is 2. The number of hydrogen-bond acceptors (Lipinski definition) is 9. The third-order valence-corrected chi connectivity index (χ3v) is 6.82. The Morgan fingerprint density at radius 3 is 2.38 bits per heavy atom. The Labute approximate surface area is 255 Å². The van der Waals surface area contributed by atoms with E-state index in [-0.39, 0.29) is 6.10 Å². The predicted octanol–water partition coefficient (Wildman–Crippen LogP) is 6.10. The molecule has 9 nitrogen and oxygen atoms in total. The molecule has 1 saturated carbocycles. The minimum absolute atomic E-state index is 0.00341. The molecule has 1 aliphatic carbocycles. The smallest absolute Gasteiger partial charge is 0.244 e. The van der Waals surface area contributed by atoms with E-state index in [1.165, 1.54) is 0 Å². The van der Waals surface area contributed by atoms with Gasteiger partial charge in [-0.25, -0.2) is 0 Å². The molecule has 2 aromatic carbocycles. The molecular formula is C32H46ClN5O4. The maximum Gasteiger partial charge on any atom is 0.244 e. The van der Waals surface area contributed by atoms with Gasteiger partial charge in [0.05, 0.1) is 24.0 Å². The van der Waals surface area contributed by atoms with E-state index >= 15 is 0 Å². The molecule has 2 aromatic rings. The van der Waals surface area contributed by atoms with Crippen LogP contribution in [0.4, 0.5) is 5.69 Å². The van der Waals surface area contributed by atoms with Gasteiger partial charge in [0.25, 0.3) is 0 Å². The highest BCUT2D eigenvalue weighted by atomic mass is 35.5. The van der Waals surface area contributed by atoms with Crippen molar-refractivity contribution in [2.45, 2.75) is 52.6 Å². The summed E-state index contributed by atoms with van der Waals surface area (Å²) >= 11 is 6.22. The summed E-state index contributed by atoms with van der Waals surface area (Å²) in [7, 11) is 3.72. The van der Waals surface area contributed by atoms with Gasteiger partial charge in [-0.05, 0) is 82.2 Å². The molecule has 3 N–H and O–H groups in total. The fourth-order valence-electron chi connectivity index (χ4n) is 4.44. The fourth-order valence-corrected chi connectivity index (χ4v) is 4.62. The maximum absolute atomic E-state index is 11.3. The third kappa shape index (κ3) is 13.2. The summed E-state index contributed by atoms with van der Waals surface area (Å²) in [6, 6.07) is 15.4. The van der Waals surface area contributed by atoms with E-state index < -0.39 is 0 Å².